The second-order valence-corrected chi connectivity index (χ2v) is 10.5. The number of benzene rings is 1. The Balaban J connectivity index is 1.46. The molecule has 1 aromatic carbocycles. The van der Waals surface area contributed by atoms with E-state index < -0.39 is 11.8 Å². The van der Waals surface area contributed by atoms with Crippen LogP contribution in [0.3, 0.4) is 0 Å². The van der Waals surface area contributed by atoms with Crippen LogP contribution in [0.15, 0.2) is 24.3 Å². The van der Waals surface area contributed by atoms with Gasteiger partial charge in [0.05, 0.1) is 13.0 Å². The molecule has 0 aromatic heterocycles. The molecule has 5 amide bonds. The molecule has 1 atom stereocenters. The number of rotatable bonds is 21. The van der Waals surface area contributed by atoms with E-state index in [1.54, 1.807) is 24.3 Å². The molecule has 0 aliphatic carbocycles. The highest BCUT2D eigenvalue weighted by Gasteiger charge is 2.29. The summed E-state index contributed by atoms with van der Waals surface area (Å²) in [5.41, 5.74) is 1.23. The minimum Gasteiger partial charge on any atom is -0.380 e. The molecule has 1 aliphatic rings. The number of β-lactam (4-membered cyclic amide) rings is 1. The van der Waals surface area contributed by atoms with Crippen LogP contribution in [0.4, 0.5) is 5.69 Å². The number of likely N-dealkylation sites (tertiary alicyclic amines) is 1. The Bertz CT molecular complexity index is 1060. The zero-order valence-corrected chi connectivity index (χ0v) is 25.0. The van der Waals surface area contributed by atoms with Crippen molar-refractivity contribution in [2.24, 2.45) is 5.92 Å². The van der Waals surface area contributed by atoms with Gasteiger partial charge in [0.25, 0.3) is 0 Å². The third kappa shape index (κ3) is 13.4. The summed E-state index contributed by atoms with van der Waals surface area (Å²) in [6, 6.07) is 6.68. The SMILES string of the molecule is CCCC(CCCCNC(=O)CCCOCCNC(=O)CC(=O)Nc1ccc(CC(=O)N2CCC2=O)cc1)C(=O)CC. The van der Waals surface area contributed by atoms with Crippen molar-refractivity contribution in [3.8, 4) is 0 Å². The molecule has 0 saturated carbocycles. The van der Waals surface area contributed by atoms with Gasteiger partial charge in [-0.05, 0) is 43.4 Å². The Kier molecular flexibility index (Phi) is 16.1. The Hall–Kier alpha value is -3.60. The maximum Gasteiger partial charge on any atom is 0.233 e. The maximum atomic E-state index is 12.1. The number of carbonyl (C=O) groups is 6. The molecule has 1 heterocycles. The van der Waals surface area contributed by atoms with Crippen LogP contribution < -0.4 is 16.0 Å². The zero-order chi connectivity index (χ0) is 30.7. The molecule has 0 bridgehead atoms. The number of nitrogens with one attached hydrogen (secondary N) is 3. The van der Waals surface area contributed by atoms with Gasteiger partial charge in [0, 0.05) is 57.1 Å². The zero-order valence-electron chi connectivity index (χ0n) is 25.0. The van der Waals surface area contributed by atoms with Crippen LogP contribution in [-0.2, 0) is 39.9 Å². The van der Waals surface area contributed by atoms with Crippen molar-refractivity contribution in [1.29, 1.82) is 0 Å². The molecule has 1 unspecified atom stereocenters. The lowest BCUT2D eigenvalue weighted by Crippen LogP contribution is -2.48. The lowest BCUT2D eigenvalue weighted by Gasteiger charge is -2.28. The van der Waals surface area contributed by atoms with E-state index in [9.17, 15) is 28.8 Å². The predicted molar refractivity (Wildman–Crippen MR) is 158 cm³/mol. The lowest BCUT2D eigenvalue weighted by molar-refractivity contribution is -0.152. The summed E-state index contributed by atoms with van der Waals surface area (Å²) in [5, 5.41) is 8.17. The van der Waals surface area contributed by atoms with Gasteiger partial charge in [-0.1, -0.05) is 38.8 Å². The smallest absolute Gasteiger partial charge is 0.233 e. The number of imide groups is 1. The van der Waals surface area contributed by atoms with Gasteiger partial charge in [-0.3, -0.25) is 33.7 Å². The van der Waals surface area contributed by atoms with Gasteiger partial charge in [-0.25, -0.2) is 0 Å². The van der Waals surface area contributed by atoms with Crippen molar-refractivity contribution in [2.75, 3.05) is 38.2 Å². The Labute approximate surface area is 248 Å². The van der Waals surface area contributed by atoms with Crippen molar-refractivity contribution in [1.82, 2.24) is 15.5 Å². The fraction of sp³-hybridized carbons (Fsp3) is 0.613. The van der Waals surface area contributed by atoms with Crippen molar-refractivity contribution < 1.29 is 33.5 Å². The molecule has 11 heteroatoms. The predicted octanol–water partition coefficient (Wildman–Crippen LogP) is 2.91. The van der Waals surface area contributed by atoms with Gasteiger partial charge in [-0.15, -0.1) is 0 Å². The van der Waals surface area contributed by atoms with Crippen LogP contribution in [0, 0.1) is 5.92 Å². The molecule has 1 aliphatic heterocycles. The average molecular weight is 587 g/mol. The fourth-order valence-corrected chi connectivity index (χ4v) is 4.60. The first-order valence-corrected chi connectivity index (χ1v) is 15.1. The second kappa shape index (κ2) is 19.5. The summed E-state index contributed by atoms with van der Waals surface area (Å²) < 4.78 is 5.46. The van der Waals surface area contributed by atoms with E-state index >= 15 is 0 Å². The number of nitrogens with zero attached hydrogens (tertiary/aromatic N) is 1. The molecule has 1 aromatic rings. The lowest BCUT2D eigenvalue weighted by atomic mass is 9.91. The molecule has 0 radical (unpaired) electrons. The average Bonchev–Trinajstić information content (AvgIpc) is 2.95. The van der Waals surface area contributed by atoms with E-state index in [1.165, 1.54) is 4.90 Å². The Morgan fingerprint density at radius 1 is 0.881 bits per heavy atom. The van der Waals surface area contributed by atoms with Crippen molar-refractivity contribution in [3.05, 3.63) is 29.8 Å². The first-order valence-electron chi connectivity index (χ1n) is 15.1. The largest absolute Gasteiger partial charge is 0.380 e. The van der Waals surface area contributed by atoms with Crippen molar-refractivity contribution in [3.63, 3.8) is 0 Å². The van der Waals surface area contributed by atoms with Gasteiger partial charge in [0.2, 0.25) is 29.5 Å². The number of ketones is 1. The normalized spacial score (nSPS) is 13.2. The molecular formula is C31H46N4O7. The van der Waals surface area contributed by atoms with E-state index in [-0.39, 0.29) is 49.6 Å². The molecule has 2 rings (SSSR count). The number of hydrogen-bond acceptors (Lipinski definition) is 7. The summed E-state index contributed by atoms with van der Waals surface area (Å²) in [6.07, 6.45) is 6.29. The molecule has 232 valence electrons. The first kappa shape index (κ1) is 34.6. The second-order valence-electron chi connectivity index (χ2n) is 10.5. The first-order chi connectivity index (χ1) is 20.2. The third-order valence-electron chi connectivity index (χ3n) is 7.07. The number of ether oxygens (including phenoxy) is 1. The highest BCUT2D eigenvalue weighted by Crippen LogP contribution is 2.17. The van der Waals surface area contributed by atoms with Crippen molar-refractivity contribution in [2.45, 2.75) is 84.5 Å². The van der Waals surface area contributed by atoms with Crippen LogP contribution in [-0.4, -0.2) is 73.1 Å². The summed E-state index contributed by atoms with van der Waals surface area (Å²) in [7, 11) is 0. The highest BCUT2D eigenvalue weighted by molar-refractivity contribution is 6.03. The standard InChI is InChI=1S/C31H46N4O7/c1-3-8-24(26(36)4-2)9-5-6-16-32-27(37)10-7-19-42-20-17-33-28(38)22-29(39)34-25-13-11-23(12-14-25)21-31(41)35-18-15-30(35)40/h11-14,24H,3-10,15-22H2,1-2H3,(H,32,37)(H,33,38)(H,34,39). The molecular weight excluding hydrogens is 540 g/mol. The summed E-state index contributed by atoms with van der Waals surface area (Å²) >= 11 is 0. The minimum absolute atomic E-state index is 0.0288. The number of unbranched alkanes of at least 4 members (excludes halogenated alkanes) is 1. The van der Waals surface area contributed by atoms with Gasteiger partial charge >= 0.3 is 0 Å². The Morgan fingerprint density at radius 2 is 1.62 bits per heavy atom. The van der Waals surface area contributed by atoms with Crippen LogP contribution in [0.1, 0.15) is 83.6 Å². The number of hydrogen-bond donors (Lipinski definition) is 3. The highest BCUT2D eigenvalue weighted by atomic mass is 16.5. The summed E-state index contributed by atoms with van der Waals surface area (Å²) in [6.45, 7) is 5.97. The van der Waals surface area contributed by atoms with Crippen LogP contribution in [0.5, 0.6) is 0 Å². The summed E-state index contributed by atoms with van der Waals surface area (Å²) in [4.78, 5) is 72.7. The number of amides is 5. The van der Waals surface area contributed by atoms with Crippen molar-refractivity contribution >= 4 is 41.0 Å². The molecule has 11 nitrogen and oxygen atoms in total. The van der Waals surface area contributed by atoms with E-state index in [1.807, 2.05) is 6.92 Å². The van der Waals surface area contributed by atoms with E-state index in [0.29, 0.717) is 56.9 Å². The third-order valence-corrected chi connectivity index (χ3v) is 7.07. The molecule has 1 fully saturated rings. The topological polar surface area (TPSA) is 151 Å². The van der Waals surface area contributed by atoms with Crippen LogP contribution in [0.2, 0.25) is 0 Å². The monoisotopic (exact) mass is 586 g/mol. The van der Waals surface area contributed by atoms with E-state index in [0.717, 1.165) is 37.7 Å². The van der Waals surface area contributed by atoms with Gasteiger partial charge < -0.3 is 20.7 Å². The van der Waals surface area contributed by atoms with Crippen LogP contribution >= 0.6 is 0 Å². The number of carbonyl (C=O) groups excluding carboxylic acids is 6. The Morgan fingerprint density at radius 3 is 2.26 bits per heavy atom. The van der Waals surface area contributed by atoms with Gasteiger partial charge in [0.15, 0.2) is 0 Å². The number of Topliss-reactive ketones (excluding diaryl/α,β-unsaturated/α-hetero) is 1. The summed E-state index contributed by atoms with van der Waals surface area (Å²) in [5.74, 6) is -0.850. The maximum absolute atomic E-state index is 12.1. The molecule has 0 spiro atoms. The van der Waals surface area contributed by atoms with E-state index in [4.69, 9.17) is 4.74 Å². The molecule has 1 saturated heterocycles. The number of anilines is 1. The van der Waals surface area contributed by atoms with Gasteiger partial charge in [-0.2, -0.15) is 0 Å². The fourth-order valence-electron chi connectivity index (χ4n) is 4.60. The van der Waals surface area contributed by atoms with E-state index in [2.05, 4.69) is 22.9 Å². The quantitative estimate of drug-likeness (QED) is 0.114. The molecule has 42 heavy (non-hydrogen) atoms. The molecule has 3 N–H and O–H groups in total. The van der Waals surface area contributed by atoms with Crippen LogP contribution in [0.25, 0.3) is 0 Å². The van der Waals surface area contributed by atoms with Gasteiger partial charge in [0.1, 0.15) is 12.2 Å². The minimum atomic E-state index is -0.468.